The second-order valence-corrected chi connectivity index (χ2v) is 12.0. The van der Waals surface area contributed by atoms with Crippen LogP contribution in [0.5, 0.6) is 0 Å². The van der Waals surface area contributed by atoms with E-state index in [1.54, 1.807) is 0 Å². The zero-order valence-corrected chi connectivity index (χ0v) is 23.7. The Morgan fingerprint density at radius 3 is 1.88 bits per heavy atom. The fourth-order valence-corrected chi connectivity index (χ4v) is 6.78. The molecular formula is C28H27F3N6O2S2. The SMILES string of the molecule is Cc1ccccc1CC(=O)Nc1nnc([C@H]2CCC[C@H](c3nnc(NC(=O)Cc4ccccc4C(F)(F)F)s3)C2)s1. The summed E-state index contributed by atoms with van der Waals surface area (Å²) in [6, 6.07) is 12.8. The van der Waals surface area contributed by atoms with Crippen molar-refractivity contribution in [3.8, 4) is 0 Å². The van der Waals surface area contributed by atoms with E-state index < -0.39 is 24.1 Å². The molecule has 8 nitrogen and oxygen atoms in total. The molecule has 0 radical (unpaired) electrons. The Kier molecular flexibility index (Phi) is 8.74. The average Bonchev–Trinajstić information content (AvgIpc) is 3.60. The first-order valence-electron chi connectivity index (χ1n) is 13.1. The van der Waals surface area contributed by atoms with Crippen LogP contribution in [0.1, 0.15) is 69.8 Å². The van der Waals surface area contributed by atoms with Gasteiger partial charge in [0, 0.05) is 11.8 Å². The molecule has 0 aliphatic heterocycles. The number of hydrogen-bond donors (Lipinski definition) is 2. The van der Waals surface area contributed by atoms with Crippen LogP contribution in [0.25, 0.3) is 0 Å². The molecular weight excluding hydrogens is 573 g/mol. The van der Waals surface area contributed by atoms with E-state index in [1.165, 1.54) is 40.9 Å². The van der Waals surface area contributed by atoms with E-state index in [1.807, 2.05) is 31.2 Å². The summed E-state index contributed by atoms with van der Waals surface area (Å²) < 4.78 is 39.8. The number of aryl methyl sites for hydroxylation is 1. The van der Waals surface area contributed by atoms with Gasteiger partial charge in [-0.3, -0.25) is 9.59 Å². The summed E-state index contributed by atoms with van der Waals surface area (Å²) in [5.74, 6) is -0.481. The Labute approximate surface area is 242 Å². The molecule has 214 valence electrons. The van der Waals surface area contributed by atoms with Crippen molar-refractivity contribution in [1.82, 2.24) is 20.4 Å². The Morgan fingerprint density at radius 1 is 0.805 bits per heavy atom. The molecule has 5 rings (SSSR count). The molecule has 1 fully saturated rings. The lowest BCUT2D eigenvalue weighted by Gasteiger charge is -2.25. The van der Waals surface area contributed by atoms with Crippen LogP contribution < -0.4 is 10.6 Å². The highest BCUT2D eigenvalue weighted by atomic mass is 32.1. The number of anilines is 2. The zero-order chi connectivity index (χ0) is 29.0. The number of amides is 2. The monoisotopic (exact) mass is 600 g/mol. The van der Waals surface area contributed by atoms with Crippen molar-refractivity contribution in [2.24, 2.45) is 0 Å². The molecule has 0 saturated heterocycles. The van der Waals surface area contributed by atoms with E-state index >= 15 is 0 Å². The molecule has 0 spiro atoms. The minimum atomic E-state index is -4.54. The smallest absolute Gasteiger partial charge is 0.300 e. The topological polar surface area (TPSA) is 110 Å². The first-order chi connectivity index (χ1) is 19.7. The predicted molar refractivity (Wildman–Crippen MR) is 151 cm³/mol. The van der Waals surface area contributed by atoms with Gasteiger partial charge in [-0.25, -0.2) is 0 Å². The Morgan fingerprint density at radius 2 is 1.32 bits per heavy atom. The Balaban J connectivity index is 1.17. The van der Waals surface area contributed by atoms with E-state index in [0.717, 1.165) is 52.9 Å². The standard InChI is InChI=1S/C28H27F3N6O2S2/c1-16-7-2-3-8-17(16)14-22(38)32-26-36-34-24(40-26)19-10-6-11-20(13-19)25-35-37-27(41-25)33-23(39)15-18-9-4-5-12-21(18)28(29,30)31/h2-5,7-9,12,19-20H,6,10-11,13-15H2,1H3,(H,32,36,38)(H,33,37,39)/t19-,20-/m0/s1. The van der Waals surface area contributed by atoms with E-state index in [0.29, 0.717) is 5.13 Å². The van der Waals surface area contributed by atoms with Gasteiger partial charge in [0.1, 0.15) is 10.0 Å². The van der Waals surface area contributed by atoms with Crippen LogP contribution in [-0.2, 0) is 28.6 Å². The quantitative estimate of drug-likeness (QED) is 0.238. The largest absolute Gasteiger partial charge is 0.416 e. The van der Waals surface area contributed by atoms with E-state index in [9.17, 15) is 22.8 Å². The molecule has 2 heterocycles. The third kappa shape index (κ3) is 7.33. The molecule has 2 N–H and O–H groups in total. The van der Waals surface area contributed by atoms with Gasteiger partial charge in [-0.05, 0) is 48.9 Å². The van der Waals surface area contributed by atoms with Crippen molar-refractivity contribution < 1.29 is 22.8 Å². The highest BCUT2D eigenvalue weighted by molar-refractivity contribution is 7.15. The van der Waals surface area contributed by atoms with E-state index in [2.05, 4.69) is 31.0 Å². The van der Waals surface area contributed by atoms with Crippen molar-refractivity contribution >= 4 is 44.8 Å². The first-order valence-corrected chi connectivity index (χ1v) is 14.7. The van der Waals surface area contributed by atoms with Gasteiger partial charge in [-0.2, -0.15) is 13.2 Å². The number of carbonyl (C=O) groups is 2. The summed E-state index contributed by atoms with van der Waals surface area (Å²) in [4.78, 5) is 25.0. The number of nitrogens with one attached hydrogen (secondary N) is 2. The van der Waals surface area contributed by atoms with Gasteiger partial charge in [0.15, 0.2) is 0 Å². The number of rotatable bonds is 8. The highest BCUT2D eigenvalue weighted by Crippen LogP contribution is 2.43. The second-order valence-electron chi connectivity index (χ2n) is 9.98. The van der Waals surface area contributed by atoms with Crippen LogP contribution in [0.15, 0.2) is 48.5 Å². The van der Waals surface area contributed by atoms with Gasteiger partial charge < -0.3 is 10.6 Å². The number of aromatic nitrogens is 4. The summed E-state index contributed by atoms with van der Waals surface area (Å²) in [6.07, 6.45) is -1.15. The minimum Gasteiger partial charge on any atom is -0.300 e. The van der Waals surface area contributed by atoms with E-state index in [4.69, 9.17) is 0 Å². The molecule has 41 heavy (non-hydrogen) atoms. The van der Waals surface area contributed by atoms with Gasteiger partial charge in [0.2, 0.25) is 22.1 Å². The maximum atomic E-state index is 13.3. The summed E-state index contributed by atoms with van der Waals surface area (Å²) >= 11 is 2.61. The van der Waals surface area contributed by atoms with Crippen molar-refractivity contribution in [1.29, 1.82) is 0 Å². The van der Waals surface area contributed by atoms with Crippen molar-refractivity contribution in [2.75, 3.05) is 10.6 Å². The maximum Gasteiger partial charge on any atom is 0.416 e. The lowest BCUT2D eigenvalue weighted by atomic mass is 9.82. The maximum absolute atomic E-state index is 13.3. The van der Waals surface area contributed by atoms with Gasteiger partial charge in [-0.1, -0.05) is 71.6 Å². The number of carbonyl (C=O) groups excluding carboxylic acids is 2. The summed E-state index contributed by atoms with van der Waals surface area (Å²) in [6.45, 7) is 1.97. The molecule has 0 unspecified atom stereocenters. The van der Waals surface area contributed by atoms with Crippen LogP contribution in [0.2, 0.25) is 0 Å². The van der Waals surface area contributed by atoms with Gasteiger partial charge in [-0.15, -0.1) is 20.4 Å². The number of alkyl halides is 3. The molecule has 2 atom stereocenters. The molecule has 2 aromatic heterocycles. The average molecular weight is 601 g/mol. The van der Waals surface area contributed by atoms with Crippen LogP contribution in [0.4, 0.5) is 23.4 Å². The van der Waals surface area contributed by atoms with Crippen LogP contribution in [0.3, 0.4) is 0 Å². The molecule has 13 heteroatoms. The van der Waals surface area contributed by atoms with Gasteiger partial charge in [0.25, 0.3) is 0 Å². The summed E-state index contributed by atoms with van der Waals surface area (Å²) in [7, 11) is 0. The summed E-state index contributed by atoms with van der Waals surface area (Å²) in [5.41, 5.74) is 1.09. The number of hydrogen-bond acceptors (Lipinski definition) is 8. The number of nitrogens with zero attached hydrogens (tertiary/aromatic N) is 4. The lowest BCUT2D eigenvalue weighted by Crippen LogP contribution is -2.17. The fourth-order valence-electron chi connectivity index (χ4n) is 4.97. The van der Waals surface area contributed by atoms with Crippen LogP contribution in [0, 0.1) is 6.92 Å². The number of benzene rings is 2. The minimum absolute atomic E-state index is 0.0971. The molecule has 1 saturated carbocycles. The molecule has 1 aliphatic rings. The zero-order valence-electron chi connectivity index (χ0n) is 22.1. The first kappa shape index (κ1) is 28.8. The van der Waals surface area contributed by atoms with Crippen molar-refractivity contribution in [3.63, 3.8) is 0 Å². The van der Waals surface area contributed by atoms with Crippen molar-refractivity contribution in [3.05, 3.63) is 80.8 Å². The molecule has 0 bridgehead atoms. The Hall–Kier alpha value is -3.71. The molecule has 2 amide bonds. The third-order valence-corrected chi connectivity index (χ3v) is 9.04. The molecule has 4 aromatic rings. The molecule has 1 aliphatic carbocycles. The van der Waals surface area contributed by atoms with Crippen molar-refractivity contribution in [2.45, 2.75) is 63.5 Å². The normalized spacial score (nSPS) is 17.3. The highest BCUT2D eigenvalue weighted by Gasteiger charge is 2.33. The second kappa shape index (κ2) is 12.4. The lowest BCUT2D eigenvalue weighted by molar-refractivity contribution is -0.138. The Bertz CT molecular complexity index is 1540. The van der Waals surface area contributed by atoms with Crippen LogP contribution in [-0.4, -0.2) is 32.2 Å². The number of halogens is 3. The predicted octanol–water partition coefficient (Wildman–Crippen LogP) is 6.52. The van der Waals surface area contributed by atoms with Gasteiger partial charge in [0.05, 0.1) is 18.4 Å². The third-order valence-electron chi connectivity index (χ3n) is 7.03. The summed E-state index contributed by atoms with van der Waals surface area (Å²) in [5, 5.41) is 24.6. The van der Waals surface area contributed by atoms with E-state index in [-0.39, 0.29) is 34.9 Å². The van der Waals surface area contributed by atoms with Gasteiger partial charge >= 0.3 is 6.18 Å². The van der Waals surface area contributed by atoms with Crippen LogP contribution >= 0.6 is 22.7 Å². The molecule has 2 aromatic carbocycles. The fraction of sp³-hybridized carbons (Fsp3) is 0.357.